The van der Waals surface area contributed by atoms with Gasteiger partial charge in [-0.25, -0.2) is 0 Å². The smallest absolute Gasteiger partial charge is 0.257 e. The minimum absolute atomic E-state index is 0.168. The number of fused-ring (bicyclic) bond motifs is 1. The Morgan fingerprint density at radius 1 is 0.923 bits per heavy atom. The van der Waals surface area contributed by atoms with Crippen molar-refractivity contribution >= 4 is 23.2 Å². The number of aromatic nitrogens is 2. The lowest BCUT2D eigenvalue weighted by atomic mass is 10.2. The van der Waals surface area contributed by atoms with Crippen LogP contribution in [0.2, 0.25) is 0 Å². The summed E-state index contributed by atoms with van der Waals surface area (Å²) < 4.78 is 10.5. The van der Waals surface area contributed by atoms with Gasteiger partial charge in [0.15, 0.2) is 23.1 Å². The van der Waals surface area contributed by atoms with Crippen LogP contribution in [0.15, 0.2) is 54.6 Å². The lowest BCUT2D eigenvalue weighted by Gasteiger charge is -2.07. The Bertz CT molecular complexity index is 940. The van der Waals surface area contributed by atoms with E-state index in [1.165, 1.54) is 5.56 Å². The maximum absolute atomic E-state index is 12.3. The Hall–Kier alpha value is -3.61. The number of nitrogens with one attached hydrogen (secondary N) is 2. The summed E-state index contributed by atoms with van der Waals surface area (Å²) in [5, 5.41) is 14.0. The number of rotatable bonds is 4. The van der Waals surface area contributed by atoms with E-state index >= 15 is 0 Å². The molecule has 0 bridgehead atoms. The molecular formula is C19H16N4O3. The van der Waals surface area contributed by atoms with Gasteiger partial charge in [-0.2, -0.15) is 0 Å². The number of anilines is 3. The molecule has 0 atom stereocenters. The monoisotopic (exact) mass is 348 g/mol. The highest BCUT2D eigenvalue weighted by atomic mass is 16.7. The first-order valence-electron chi connectivity index (χ1n) is 8.06. The van der Waals surface area contributed by atoms with E-state index in [0.717, 1.165) is 5.69 Å². The number of hydrogen-bond donors (Lipinski definition) is 2. The van der Waals surface area contributed by atoms with Crippen molar-refractivity contribution in [2.75, 3.05) is 17.4 Å². The molecule has 2 heterocycles. The molecule has 0 fully saturated rings. The molecule has 7 heteroatoms. The van der Waals surface area contributed by atoms with Crippen LogP contribution < -0.4 is 20.1 Å². The molecule has 4 rings (SSSR count). The second-order valence-corrected chi connectivity index (χ2v) is 5.82. The standard InChI is InChI=1S/C19H16N4O3/c1-12-2-5-14(6-3-12)20-17-8-9-18(23-22-17)21-19(24)13-4-7-15-16(10-13)26-11-25-15/h2-10H,11H2,1H3,(H,20,22)(H,21,23,24). The quantitative estimate of drug-likeness (QED) is 0.750. The maximum atomic E-state index is 12.3. The molecule has 1 aliphatic rings. The second kappa shape index (κ2) is 6.72. The van der Waals surface area contributed by atoms with E-state index in [2.05, 4.69) is 20.8 Å². The Labute approximate surface area is 150 Å². The summed E-state index contributed by atoms with van der Waals surface area (Å²) in [6, 6.07) is 16.4. The average molecular weight is 348 g/mol. The minimum atomic E-state index is -0.295. The number of ether oxygens (including phenoxy) is 2. The highest BCUT2D eigenvalue weighted by molar-refractivity contribution is 6.04. The van der Waals surface area contributed by atoms with Gasteiger partial charge in [-0.1, -0.05) is 17.7 Å². The Kier molecular flexibility index (Phi) is 4.10. The molecule has 0 unspecified atom stereocenters. The lowest BCUT2D eigenvalue weighted by molar-refractivity contribution is 0.102. The zero-order valence-corrected chi connectivity index (χ0v) is 14.0. The van der Waals surface area contributed by atoms with E-state index in [9.17, 15) is 4.79 Å². The molecule has 1 aliphatic heterocycles. The zero-order valence-electron chi connectivity index (χ0n) is 14.0. The first-order chi connectivity index (χ1) is 12.7. The van der Waals surface area contributed by atoms with Gasteiger partial charge < -0.3 is 20.1 Å². The van der Waals surface area contributed by atoms with Crippen LogP contribution in [0, 0.1) is 6.92 Å². The average Bonchev–Trinajstić information content (AvgIpc) is 3.13. The molecule has 130 valence electrons. The molecule has 2 N–H and O–H groups in total. The van der Waals surface area contributed by atoms with Crippen molar-refractivity contribution in [3.8, 4) is 11.5 Å². The lowest BCUT2D eigenvalue weighted by Crippen LogP contribution is -2.13. The summed E-state index contributed by atoms with van der Waals surface area (Å²) in [7, 11) is 0. The Balaban J connectivity index is 1.42. The van der Waals surface area contributed by atoms with E-state index < -0.39 is 0 Å². The van der Waals surface area contributed by atoms with E-state index in [1.807, 2.05) is 31.2 Å². The van der Waals surface area contributed by atoms with E-state index in [0.29, 0.717) is 28.7 Å². The number of nitrogens with zero attached hydrogens (tertiary/aromatic N) is 2. The third-order valence-corrected chi connectivity index (χ3v) is 3.86. The summed E-state index contributed by atoms with van der Waals surface area (Å²) in [5.74, 6) is 1.85. The predicted molar refractivity (Wildman–Crippen MR) is 97.0 cm³/mol. The molecule has 7 nitrogen and oxygen atoms in total. The van der Waals surface area contributed by atoms with Gasteiger partial charge >= 0.3 is 0 Å². The first-order valence-corrected chi connectivity index (χ1v) is 8.06. The molecule has 0 spiro atoms. The number of hydrogen-bond acceptors (Lipinski definition) is 6. The van der Waals surface area contributed by atoms with Crippen LogP contribution in [0.5, 0.6) is 11.5 Å². The van der Waals surface area contributed by atoms with Gasteiger partial charge in [0, 0.05) is 11.3 Å². The minimum Gasteiger partial charge on any atom is -0.454 e. The zero-order chi connectivity index (χ0) is 17.9. The van der Waals surface area contributed by atoms with Crippen LogP contribution >= 0.6 is 0 Å². The van der Waals surface area contributed by atoms with Gasteiger partial charge in [-0.05, 0) is 49.4 Å². The highest BCUT2D eigenvalue weighted by Crippen LogP contribution is 2.32. The van der Waals surface area contributed by atoms with Crippen molar-refractivity contribution in [2.24, 2.45) is 0 Å². The van der Waals surface area contributed by atoms with Crippen molar-refractivity contribution in [3.05, 3.63) is 65.7 Å². The van der Waals surface area contributed by atoms with Crippen molar-refractivity contribution in [1.82, 2.24) is 10.2 Å². The molecule has 3 aromatic rings. The summed E-state index contributed by atoms with van der Waals surface area (Å²) in [6.07, 6.45) is 0. The summed E-state index contributed by atoms with van der Waals surface area (Å²) in [5.41, 5.74) is 2.56. The number of aryl methyl sites for hydroxylation is 1. The molecule has 1 amide bonds. The van der Waals surface area contributed by atoms with E-state index in [1.54, 1.807) is 30.3 Å². The number of carbonyl (C=O) groups excluding carboxylic acids is 1. The SMILES string of the molecule is Cc1ccc(Nc2ccc(NC(=O)c3ccc4c(c3)OCO4)nn2)cc1. The molecule has 0 saturated heterocycles. The van der Waals surface area contributed by atoms with Crippen LogP contribution in [-0.2, 0) is 0 Å². The van der Waals surface area contributed by atoms with Gasteiger partial charge in [-0.3, -0.25) is 4.79 Å². The van der Waals surface area contributed by atoms with Crippen molar-refractivity contribution in [3.63, 3.8) is 0 Å². The van der Waals surface area contributed by atoms with Crippen LogP contribution in [0.1, 0.15) is 15.9 Å². The van der Waals surface area contributed by atoms with Gasteiger partial charge in [0.25, 0.3) is 5.91 Å². The van der Waals surface area contributed by atoms with Crippen LogP contribution in [-0.4, -0.2) is 22.9 Å². The molecule has 26 heavy (non-hydrogen) atoms. The largest absolute Gasteiger partial charge is 0.454 e. The van der Waals surface area contributed by atoms with E-state index in [4.69, 9.17) is 9.47 Å². The Morgan fingerprint density at radius 2 is 1.65 bits per heavy atom. The molecular weight excluding hydrogens is 332 g/mol. The normalized spacial score (nSPS) is 11.9. The number of benzene rings is 2. The third-order valence-electron chi connectivity index (χ3n) is 3.86. The number of carbonyl (C=O) groups is 1. The van der Waals surface area contributed by atoms with Crippen molar-refractivity contribution in [1.29, 1.82) is 0 Å². The predicted octanol–water partition coefficient (Wildman–Crippen LogP) is 3.51. The van der Waals surface area contributed by atoms with Crippen LogP contribution in [0.4, 0.5) is 17.3 Å². The third kappa shape index (κ3) is 3.41. The fraction of sp³-hybridized carbons (Fsp3) is 0.105. The summed E-state index contributed by atoms with van der Waals surface area (Å²) in [4.78, 5) is 12.3. The topological polar surface area (TPSA) is 85.4 Å². The fourth-order valence-electron chi connectivity index (χ4n) is 2.48. The van der Waals surface area contributed by atoms with Crippen molar-refractivity contribution < 1.29 is 14.3 Å². The van der Waals surface area contributed by atoms with Gasteiger partial charge in [-0.15, -0.1) is 10.2 Å². The van der Waals surface area contributed by atoms with Crippen LogP contribution in [0.25, 0.3) is 0 Å². The second-order valence-electron chi connectivity index (χ2n) is 5.82. The van der Waals surface area contributed by atoms with E-state index in [-0.39, 0.29) is 12.7 Å². The van der Waals surface area contributed by atoms with Gasteiger partial charge in [0.05, 0.1) is 0 Å². The van der Waals surface area contributed by atoms with Crippen LogP contribution in [0.3, 0.4) is 0 Å². The molecule has 0 aliphatic carbocycles. The van der Waals surface area contributed by atoms with Gasteiger partial charge in [0.2, 0.25) is 6.79 Å². The molecule has 2 aromatic carbocycles. The highest BCUT2D eigenvalue weighted by Gasteiger charge is 2.16. The first kappa shape index (κ1) is 15.9. The molecule has 1 aromatic heterocycles. The molecule has 0 radical (unpaired) electrons. The molecule has 0 saturated carbocycles. The fourth-order valence-corrected chi connectivity index (χ4v) is 2.48. The number of amides is 1. The summed E-state index contributed by atoms with van der Waals surface area (Å²) >= 11 is 0. The Morgan fingerprint density at radius 3 is 2.42 bits per heavy atom. The van der Waals surface area contributed by atoms with Crippen molar-refractivity contribution in [2.45, 2.75) is 6.92 Å². The maximum Gasteiger partial charge on any atom is 0.257 e. The van der Waals surface area contributed by atoms with Gasteiger partial charge in [0.1, 0.15) is 0 Å². The summed E-state index contributed by atoms with van der Waals surface area (Å²) in [6.45, 7) is 2.20.